The van der Waals surface area contributed by atoms with Gasteiger partial charge in [-0.2, -0.15) is 0 Å². The second-order valence-electron chi connectivity index (χ2n) is 22.4. The fourth-order valence-electron chi connectivity index (χ4n) is 10.7. The van der Waals surface area contributed by atoms with Gasteiger partial charge in [-0.05, 0) is 20.3 Å². The van der Waals surface area contributed by atoms with Crippen molar-refractivity contribution in [3.63, 3.8) is 0 Å². The van der Waals surface area contributed by atoms with E-state index in [4.69, 9.17) is 78.4 Å². The number of aliphatic carboxylic acids is 1. The van der Waals surface area contributed by atoms with Gasteiger partial charge in [-0.15, -0.1) is 6.58 Å². The molecule has 0 spiro atoms. The van der Waals surface area contributed by atoms with E-state index >= 15 is 0 Å². The third kappa shape index (κ3) is 19.4. The molecule has 5 heterocycles. The maximum absolute atomic E-state index is 13.9. The minimum atomic E-state index is -5.86. The molecular weight excluding hydrogens is 1240 g/mol. The Bertz CT molecular complexity index is 2440. The molecule has 5 aliphatic rings. The minimum absolute atomic E-state index is 0.463. The summed E-state index contributed by atoms with van der Waals surface area (Å²) in [5.74, 6) is -7.08. The van der Waals surface area contributed by atoms with E-state index in [1.807, 2.05) is 6.92 Å². The van der Waals surface area contributed by atoms with Gasteiger partial charge in [-0.3, -0.25) is 28.2 Å². The third-order valence-corrected chi connectivity index (χ3v) is 16.4. The first-order valence-electron chi connectivity index (χ1n) is 28.6. The number of aliphatic hydroxyl groups excluding tert-OH is 10. The summed E-state index contributed by atoms with van der Waals surface area (Å²) in [6.07, 6.45) is -44.7. The van der Waals surface area contributed by atoms with Crippen LogP contribution in [-0.2, 0) is 89.7 Å². The molecule has 38 nitrogen and oxygen atoms in total. The lowest BCUT2D eigenvalue weighted by molar-refractivity contribution is -0.375. The highest BCUT2D eigenvalue weighted by Crippen LogP contribution is 2.49. The van der Waals surface area contributed by atoms with Crippen LogP contribution in [0, 0.1) is 5.92 Å². The molecule has 5 aliphatic heterocycles. The molecule has 5 fully saturated rings. The number of unbranched alkanes of at least 4 members (excludes halogenated alkanes) is 4. The number of aliphatic hydroxyl groups is 11. The third-order valence-electron chi connectivity index (χ3n) is 15.5. The van der Waals surface area contributed by atoms with E-state index in [0.29, 0.717) is 12.8 Å². The molecule has 90 heavy (non-hydrogen) atoms. The van der Waals surface area contributed by atoms with Crippen molar-refractivity contribution in [3.05, 3.63) is 12.7 Å². The van der Waals surface area contributed by atoms with Crippen LogP contribution in [0.3, 0.4) is 0 Å². The average molecular weight is 1330 g/mol. The predicted molar refractivity (Wildman–Crippen MR) is 291 cm³/mol. The van der Waals surface area contributed by atoms with Crippen LogP contribution in [0.15, 0.2) is 12.7 Å². The van der Waals surface area contributed by atoms with Crippen LogP contribution in [0.25, 0.3) is 0 Å². The van der Waals surface area contributed by atoms with Crippen LogP contribution >= 0.6 is 7.82 Å². The number of amides is 5. The molecule has 0 aliphatic carbocycles. The molecule has 0 bridgehead atoms. The first-order valence-corrected chi connectivity index (χ1v) is 30.1. The maximum Gasteiger partial charge on any atom is 0.474 e. The fraction of sp³-hybridized carbons (Fsp3) is 0.843. The summed E-state index contributed by atoms with van der Waals surface area (Å²) in [4.78, 5) is 87.2. The van der Waals surface area contributed by atoms with Crippen molar-refractivity contribution in [3.8, 4) is 0 Å². The Morgan fingerprint density at radius 2 is 1.24 bits per heavy atom. The van der Waals surface area contributed by atoms with E-state index in [9.17, 15) is 99.5 Å². The standard InChI is InChI=1S/C51H86N5O33P/c1-7-9-10-11-12-13-21(8-2)22(60)15-77-25(44(71)72)17-79-90(75,76)89-49-39(40(88-50(54)73)51(6,74)41(87-49)43(53)70)86-46-27(56-20(5)59)30(63)37(24(82-46)16-78-47-34(67)31(64)28(61)23(14-57)81-47)84-45-26(55-19(4)58)29(62)36(18(3)80-45)83-48-35(68)32(65)33(66)38(85-48)42(52)69/h8,18,21-41,45-49,57,60-68,74H,2,7,9-17H2,1,3-6H3,(H2,52,69)(H2,53,70)(H2,54,73)(H,55,58)(H,56,59)(H,71,72)(H,75,76)/t18-,21?,22?,23-,24-,25-,26-,27-,28-,29-,30-,31+,32+,33-,34-,35-,36-,37-,38+,39-,40-,41-,45+,46+,47-,48-,49-,51+/m1/s1. The van der Waals surface area contributed by atoms with Crippen molar-refractivity contribution >= 4 is 43.5 Å². The van der Waals surface area contributed by atoms with Crippen LogP contribution in [0.4, 0.5) is 4.79 Å². The summed E-state index contributed by atoms with van der Waals surface area (Å²) >= 11 is 0. The second-order valence-corrected chi connectivity index (χ2v) is 23.8. The Morgan fingerprint density at radius 1 is 0.689 bits per heavy atom. The summed E-state index contributed by atoms with van der Waals surface area (Å²) in [5.41, 5.74) is 13.4. The molecule has 0 aromatic carbocycles. The van der Waals surface area contributed by atoms with Crippen LogP contribution < -0.4 is 27.8 Å². The summed E-state index contributed by atoms with van der Waals surface area (Å²) in [6.45, 7) is 5.67. The Morgan fingerprint density at radius 3 is 1.80 bits per heavy atom. The van der Waals surface area contributed by atoms with E-state index in [1.165, 1.54) is 13.0 Å². The first-order chi connectivity index (χ1) is 42.1. The van der Waals surface area contributed by atoms with Gasteiger partial charge in [0.25, 0.3) is 0 Å². The number of hydrogen-bond acceptors (Lipinski definition) is 31. The van der Waals surface area contributed by atoms with Crippen LogP contribution in [0.1, 0.15) is 73.1 Å². The molecule has 0 aromatic rings. The van der Waals surface area contributed by atoms with Crippen molar-refractivity contribution in [2.45, 2.75) is 238 Å². The number of nitrogens with two attached hydrogens (primary N) is 3. The summed E-state index contributed by atoms with van der Waals surface area (Å²) in [6, 6.07) is -3.91. The number of nitrogens with one attached hydrogen (secondary N) is 2. The molecular formula is C51H86N5O33P. The van der Waals surface area contributed by atoms with Gasteiger partial charge in [0.1, 0.15) is 90.9 Å². The highest BCUT2D eigenvalue weighted by atomic mass is 31.2. The zero-order valence-corrected chi connectivity index (χ0v) is 50.5. The lowest BCUT2D eigenvalue weighted by atomic mass is 9.85. The van der Waals surface area contributed by atoms with Gasteiger partial charge in [0.15, 0.2) is 62.0 Å². The summed E-state index contributed by atoms with van der Waals surface area (Å²) in [5, 5.41) is 135. The Kier molecular flexibility index (Phi) is 28.5. The van der Waals surface area contributed by atoms with E-state index < -0.39 is 241 Å². The van der Waals surface area contributed by atoms with Gasteiger partial charge in [-0.1, -0.05) is 45.1 Å². The van der Waals surface area contributed by atoms with E-state index in [-0.39, 0.29) is 0 Å². The highest BCUT2D eigenvalue weighted by molar-refractivity contribution is 7.47. The molecule has 39 heteroatoms. The number of carbonyl (C=O) groups is 6. The number of rotatable bonds is 32. The number of hydrogen-bond donors (Lipinski definition) is 18. The minimum Gasteiger partial charge on any atom is -0.479 e. The summed E-state index contributed by atoms with van der Waals surface area (Å²) in [7, 11) is -5.86. The molecule has 0 aromatic heterocycles. The number of primary amides is 3. The van der Waals surface area contributed by atoms with Crippen LogP contribution in [0.5, 0.6) is 0 Å². The zero-order chi connectivity index (χ0) is 67.4. The van der Waals surface area contributed by atoms with Gasteiger partial charge in [0.2, 0.25) is 23.6 Å². The number of carboxylic acid groups (broad SMARTS) is 1. The number of phosphoric ester groups is 1. The van der Waals surface area contributed by atoms with Crippen LogP contribution in [0.2, 0.25) is 0 Å². The number of ether oxygens (including phenoxy) is 11. The average Bonchev–Trinajstić information content (AvgIpc) is 0.768. The van der Waals surface area contributed by atoms with E-state index in [0.717, 1.165) is 46.5 Å². The predicted octanol–water partition coefficient (Wildman–Crippen LogP) is -8.00. The lowest BCUT2D eigenvalue weighted by Crippen LogP contribution is -2.72. The second kappa shape index (κ2) is 33.6. The van der Waals surface area contributed by atoms with Gasteiger partial charge in [0.05, 0.1) is 38.6 Å². The van der Waals surface area contributed by atoms with Crippen LogP contribution in [-0.4, -0.2) is 293 Å². The molecule has 0 saturated carbocycles. The molecule has 29 atom stereocenters. The van der Waals surface area contributed by atoms with Gasteiger partial charge in [0, 0.05) is 19.8 Å². The fourth-order valence-corrected chi connectivity index (χ4v) is 11.5. The highest BCUT2D eigenvalue weighted by Gasteiger charge is 2.62. The molecule has 5 rings (SSSR count). The zero-order valence-electron chi connectivity index (χ0n) is 49.6. The lowest BCUT2D eigenvalue weighted by Gasteiger charge is -2.52. The Balaban J connectivity index is 1.52. The van der Waals surface area contributed by atoms with E-state index in [1.54, 1.807) is 0 Å². The monoisotopic (exact) mass is 1330 g/mol. The van der Waals surface area contributed by atoms with Crippen molar-refractivity contribution in [1.82, 2.24) is 10.6 Å². The van der Waals surface area contributed by atoms with Crippen molar-refractivity contribution in [2.75, 3.05) is 26.4 Å². The van der Waals surface area contributed by atoms with Gasteiger partial charge >= 0.3 is 19.9 Å². The number of carboxylic acids is 1. The van der Waals surface area contributed by atoms with Gasteiger partial charge in [-0.25, -0.2) is 14.2 Å². The smallest absolute Gasteiger partial charge is 0.474 e. The van der Waals surface area contributed by atoms with Gasteiger partial charge < -0.3 is 146 Å². The van der Waals surface area contributed by atoms with Crippen molar-refractivity contribution < 1.29 is 161 Å². The van der Waals surface area contributed by atoms with Crippen molar-refractivity contribution in [2.24, 2.45) is 23.1 Å². The largest absolute Gasteiger partial charge is 0.479 e. The normalized spacial score (nSPS) is 39.8. The van der Waals surface area contributed by atoms with E-state index in [2.05, 4.69) is 17.2 Å². The molecule has 518 valence electrons. The number of carbonyl (C=O) groups excluding carboxylic acids is 5. The Labute approximate surface area is 514 Å². The topological polar surface area (TPSA) is 605 Å². The molecule has 5 saturated heterocycles. The van der Waals surface area contributed by atoms with Crippen molar-refractivity contribution in [1.29, 1.82) is 0 Å². The quantitative estimate of drug-likeness (QED) is 0.0169. The number of phosphoric acid groups is 1. The molecule has 21 N–H and O–H groups in total. The maximum atomic E-state index is 13.9. The first kappa shape index (κ1) is 76.3. The SMILES string of the molecule is C=CC(CCCCCCC)C(O)CO[C@H](COP(=O)(O)O[C@H]1O[C@H](C(N)=O)[C@@](C)(O)[C@H](OC(N)=O)[C@H]1O[C@@H]1O[C@H](CO[C@@H]2O[C@H](CO)[C@@H](O)[C@H](O)[C@H]2O)[C@@H](O[C@@H]2O[C@H](C)[C@@H](O[C@@H]3O[C@H](C(N)=O)[C@H](O)[C@H](O)[C@H]3O)[C@H](O)[C@H]2NC(C)=O)[C@H](O)[C@H]1NC(C)=O)C(=O)O. The summed E-state index contributed by atoms with van der Waals surface area (Å²) < 4.78 is 87.5. The molecule has 5 amide bonds. The molecule has 0 radical (unpaired) electrons. The molecule has 3 unspecified atom stereocenters. The Hall–Kier alpha value is -4.37.